The number of carbonyl (C=O) groups excluding carboxylic acids is 1. The van der Waals surface area contributed by atoms with Gasteiger partial charge in [0.2, 0.25) is 5.91 Å². The second kappa shape index (κ2) is 7.85. The molecule has 3 aromatic heterocycles. The molecule has 0 aromatic carbocycles. The lowest BCUT2D eigenvalue weighted by molar-refractivity contribution is -0.116. The van der Waals surface area contributed by atoms with Crippen molar-refractivity contribution in [1.29, 1.82) is 0 Å². The lowest BCUT2D eigenvalue weighted by Gasteiger charge is -2.01. The highest BCUT2D eigenvalue weighted by atomic mass is 32.1. The van der Waals surface area contributed by atoms with E-state index in [4.69, 9.17) is 12.2 Å². The van der Waals surface area contributed by atoms with E-state index in [0.717, 1.165) is 17.0 Å². The molecule has 0 saturated heterocycles. The summed E-state index contributed by atoms with van der Waals surface area (Å²) >= 11 is 8.27. The van der Waals surface area contributed by atoms with Crippen LogP contribution in [0.4, 0.5) is 5.13 Å². The van der Waals surface area contributed by atoms with E-state index in [1.165, 1.54) is 16.9 Å². The average molecular weight is 392 g/mol. The van der Waals surface area contributed by atoms with Gasteiger partial charge in [-0.3, -0.25) is 14.5 Å². The summed E-state index contributed by atoms with van der Waals surface area (Å²) in [4.78, 5) is 17.5. The van der Waals surface area contributed by atoms with E-state index in [9.17, 15) is 4.79 Å². The zero-order valence-electron chi connectivity index (χ0n) is 13.6. The Balaban J connectivity index is 1.73. The second-order valence-electron chi connectivity index (χ2n) is 5.36. The summed E-state index contributed by atoms with van der Waals surface area (Å²) in [6.45, 7) is 6.19. The van der Waals surface area contributed by atoms with E-state index in [-0.39, 0.29) is 5.91 Å². The fourth-order valence-corrected chi connectivity index (χ4v) is 4.21. The molecule has 1 amide bonds. The summed E-state index contributed by atoms with van der Waals surface area (Å²) < 4.78 is 2.38. The third-order valence-corrected chi connectivity index (χ3v) is 5.65. The predicted octanol–water partition coefficient (Wildman–Crippen LogP) is 4.19. The Morgan fingerprint density at radius 2 is 2.40 bits per heavy atom. The Morgan fingerprint density at radius 3 is 3.12 bits per heavy atom. The van der Waals surface area contributed by atoms with Crippen LogP contribution in [0, 0.1) is 11.7 Å². The number of hydrogen-bond donors (Lipinski definition) is 2. The van der Waals surface area contributed by atoms with Gasteiger partial charge in [-0.25, -0.2) is 4.98 Å². The number of H-pyrrole nitrogens is 1. The van der Waals surface area contributed by atoms with Crippen LogP contribution >= 0.6 is 34.9 Å². The fraction of sp³-hybridized carbons (Fsp3) is 0.250. The van der Waals surface area contributed by atoms with Gasteiger partial charge in [-0.1, -0.05) is 17.4 Å². The zero-order chi connectivity index (χ0) is 17.8. The summed E-state index contributed by atoms with van der Waals surface area (Å²) in [6, 6.07) is 2.03. The van der Waals surface area contributed by atoms with Gasteiger partial charge in [0.05, 0.1) is 10.6 Å². The van der Waals surface area contributed by atoms with Gasteiger partial charge in [-0.2, -0.15) is 16.4 Å². The number of aromatic nitrogens is 4. The van der Waals surface area contributed by atoms with Gasteiger partial charge in [-0.15, -0.1) is 6.58 Å². The molecule has 25 heavy (non-hydrogen) atoms. The van der Waals surface area contributed by atoms with Crippen LogP contribution in [0.2, 0.25) is 0 Å². The highest BCUT2D eigenvalue weighted by Gasteiger charge is 2.17. The monoisotopic (exact) mass is 391 g/mol. The molecule has 3 aromatic rings. The van der Waals surface area contributed by atoms with Gasteiger partial charge >= 0.3 is 0 Å². The quantitative estimate of drug-likeness (QED) is 0.468. The normalized spacial score (nSPS) is 10.8. The van der Waals surface area contributed by atoms with E-state index in [0.29, 0.717) is 28.7 Å². The first-order valence-corrected chi connectivity index (χ1v) is 9.80. The summed E-state index contributed by atoms with van der Waals surface area (Å²) in [5.41, 5.74) is 1.98. The molecule has 0 aliphatic carbocycles. The smallest absolute Gasteiger partial charge is 0.226 e. The summed E-state index contributed by atoms with van der Waals surface area (Å²) in [5.74, 6) is 0.662. The number of amides is 1. The lowest BCUT2D eigenvalue weighted by Crippen LogP contribution is -2.11. The maximum absolute atomic E-state index is 12.1. The number of allylic oxidation sites excluding steroid dienone is 1. The van der Waals surface area contributed by atoms with E-state index in [2.05, 4.69) is 32.5 Å². The molecule has 6 nitrogen and oxygen atoms in total. The van der Waals surface area contributed by atoms with Crippen LogP contribution in [-0.4, -0.2) is 25.7 Å². The standard InChI is InChI=1S/C16H17N5OS3/c1-3-7-21-14(19-20-16(21)23)13-10(2)17-15(25-13)18-12(22)5-4-11-6-8-24-9-11/h3,6,8-9H,1,4-5,7H2,2H3,(H,20,23)(H,17,18,22). The highest BCUT2D eigenvalue weighted by Crippen LogP contribution is 2.31. The number of aryl methyl sites for hydroxylation is 2. The Labute approximate surface area is 158 Å². The van der Waals surface area contributed by atoms with Crippen LogP contribution < -0.4 is 5.32 Å². The van der Waals surface area contributed by atoms with Crippen molar-refractivity contribution in [2.24, 2.45) is 0 Å². The van der Waals surface area contributed by atoms with Gasteiger partial charge in [-0.05, 0) is 48.0 Å². The zero-order valence-corrected chi connectivity index (χ0v) is 16.1. The van der Waals surface area contributed by atoms with Crippen LogP contribution in [0.25, 0.3) is 10.7 Å². The molecular weight excluding hydrogens is 374 g/mol. The highest BCUT2D eigenvalue weighted by molar-refractivity contribution is 7.71. The maximum atomic E-state index is 12.1. The Hall–Kier alpha value is -2.10. The van der Waals surface area contributed by atoms with Crippen molar-refractivity contribution in [3.05, 3.63) is 45.5 Å². The number of aromatic amines is 1. The number of hydrogen-bond acceptors (Lipinski definition) is 6. The van der Waals surface area contributed by atoms with Crippen LogP contribution in [0.5, 0.6) is 0 Å². The number of thiazole rings is 1. The molecule has 130 valence electrons. The van der Waals surface area contributed by atoms with E-state index < -0.39 is 0 Å². The number of thiophene rings is 1. The van der Waals surface area contributed by atoms with Crippen LogP contribution in [0.1, 0.15) is 17.7 Å². The van der Waals surface area contributed by atoms with Crippen LogP contribution in [0.15, 0.2) is 29.5 Å². The van der Waals surface area contributed by atoms with Gasteiger partial charge in [0, 0.05) is 13.0 Å². The molecular formula is C16H17N5OS3. The first-order chi connectivity index (χ1) is 12.1. The molecule has 2 N–H and O–H groups in total. The predicted molar refractivity (Wildman–Crippen MR) is 105 cm³/mol. The van der Waals surface area contributed by atoms with Gasteiger partial charge < -0.3 is 5.32 Å². The van der Waals surface area contributed by atoms with Crippen molar-refractivity contribution in [2.75, 3.05) is 5.32 Å². The number of nitrogens with zero attached hydrogens (tertiary/aromatic N) is 3. The minimum absolute atomic E-state index is 0.0449. The molecule has 0 bridgehead atoms. The van der Waals surface area contributed by atoms with Gasteiger partial charge in [0.1, 0.15) is 0 Å². The number of rotatable bonds is 7. The minimum atomic E-state index is -0.0449. The molecule has 0 atom stereocenters. The molecule has 0 saturated carbocycles. The first kappa shape index (κ1) is 17.7. The number of nitrogens with one attached hydrogen (secondary N) is 2. The van der Waals surface area contributed by atoms with E-state index in [1.807, 2.05) is 22.9 Å². The number of carbonyl (C=O) groups is 1. The van der Waals surface area contributed by atoms with Crippen molar-refractivity contribution >= 4 is 45.9 Å². The SMILES string of the molecule is C=CCn1c(-c2sc(NC(=O)CCc3ccsc3)nc2C)n[nH]c1=S. The Bertz CT molecular complexity index is 936. The van der Waals surface area contributed by atoms with Gasteiger partial charge in [0.15, 0.2) is 15.7 Å². The van der Waals surface area contributed by atoms with Gasteiger partial charge in [0.25, 0.3) is 0 Å². The van der Waals surface area contributed by atoms with Crippen molar-refractivity contribution in [2.45, 2.75) is 26.3 Å². The maximum Gasteiger partial charge on any atom is 0.226 e. The second-order valence-corrected chi connectivity index (χ2v) is 7.53. The van der Waals surface area contributed by atoms with Crippen molar-refractivity contribution in [3.8, 4) is 10.7 Å². The minimum Gasteiger partial charge on any atom is -0.302 e. The summed E-state index contributed by atoms with van der Waals surface area (Å²) in [5, 5.41) is 14.6. The van der Waals surface area contributed by atoms with Crippen LogP contribution in [0.3, 0.4) is 0 Å². The molecule has 0 aliphatic heterocycles. The third kappa shape index (κ3) is 4.12. The van der Waals surface area contributed by atoms with E-state index >= 15 is 0 Å². The topological polar surface area (TPSA) is 75.6 Å². The van der Waals surface area contributed by atoms with Crippen molar-refractivity contribution < 1.29 is 4.79 Å². The lowest BCUT2D eigenvalue weighted by atomic mass is 10.2. The molecule has 0 fully saturated rings. The van der Waals surface area contributed by atoms with Crippen LogP contribution in [-0.2, 0) is 17.8 Å². The Morgan fingerprint density at radius 1 is 1.56 bits per heavy atom. The molecule has 0 radical (unpaired) electrons. The average Bonchev–Trinajstić information content (AvgIpc) is 3.29. The van der Waals surface area contributed by atoms with E-state index in [1.54, 1.807) is 17.4 Å². The largest absolute Gasteiger partial charge is 0.302 e. The Kier molecular flexibility index (Phi) is 5.57. The number of anilines is 1. The molecule has 3 rings (SSSR count). The van der Waals surface area contributed by atoms with Crippen molar-refractivity contribution in [3.63, 3.8) is 0 Å². The fourth-order valence-electron chi connectivity index (χ4n) is 2.32. The summed E-state index contributed by atoms with van der Waals surface area (Å²) in [7, 11) is 0. The van der Waals surface area contributed by atoms with Crippen molar-refractivity contribution in [1.82, 2.24) is 19.7 Å². The molecule has 0 aliphatic rings. The first-order valence-electron chi connectivity index (χ1n) is 7.63. The molecule has 0 unspecified atom stereocenters. The summed E-state index contributed by atoms with van der Waals surface area (Å²) in [6.07, 6.45) is 2.92. The third-order valence-electron chi connectivity index (χ3n) is 3.54. The molecule has 9 heteroatoms. The molecule has 3 heterocycles. The molecule has 0 spiro atoms.